The molecule has 5 rings (SSSR count). The number of anilines is 1. The predicted octanol–water partition coefficient (Wildman–Crippen LogP) is 4.51. The lowest BCUT2D eigenvalue weighted by molar-refractivity contribution is -0.127. The fraction of sp³-hybridized carbons (Fsp3) is 0.346. The molecule has 1 saturated heterocycles. The lowest BCUT2D eigenvalue weighted by Gasteiger charge is -2.17. The Hall–Kier alpha value is -3.91. The van der Waals surface area contributed by atoms with Gasteiger partial charge in [0.2, 0.25) is 11.0 Å². The quantitative estimate of drug-likeness (QED) is 0.478. The van der Waals surface area contributed by atoms with Crippen molar-refractivity contribution in [2.75, 3.05) is 26.0 Å². The van der Waals surface area contributed by atoms with Crippen LogP contribution in [0.2, 0.25) is 0 Å². The molecule has 1 aliphatic carbocycles. The SMILES string of the molecule is COc1cnc(C(F)F)cc1-c1cc(C2CCN(C)C2=O)ccc1C(=O)Nc1nnc(C#CC2CC2)s1. The Morgan fingerprint density at radius 2 is 2.03 bits per heavy atom. The number of likely N-dealkylation sites (tertiary alicyclic amines) is 1. The lowest BCUT2D eigenvalue weighted by atomic mass is 9.90. The van der Waals surface area contributed by atoms with Crippen molar-refractivity contribution >= 4 is 28.3 Å². The van der Waals surface area contributed by atoms with E-state index in [9.17, 15) is 18.4 Å². The first kappa shape index (κ1) is 24.8. The minimum atomic E-state index is -2.81. The normalized spacial score (nSPS) is 17.1. The van der Waals surface area contributed by atoms with Gasteiger partial charge in [-0.2, -0.15) is 0 Å². The number of methoxy groups -OCH3 is 1. The van der Waals surface area contributed by atoms with E-state index in [1.807, 2.05) is 0 Å². The van der Waals surface area contributed by atoms with E-state index >= 15 is 0 Å². The number of ether oxygens (including phenoxy) is 1. The molecule has 2 aliphatic rings. The van der Waals surface area contributed by atoms with Gasteiger partial charge in [-0.1, -0.05) is 23.3 Å². The molecule has 2 fully saturated rings. The molecule has 1 saturated carbocycles. The maximum Gasteiger partial charge on any atom is 0.280 e. The van der Waals surface area contributed by atoms with Gasteiger partial charge < -0.3 is 9.64 Å². The smallest absolute Gasteiger partial charge is 0.280 e. The molecule has 190 valence electrons. The zero-order valence-electron chi connectivity index (χ0n) is 20.1. The van der Waals surface area contributed by atoms with Crippen molar-refractivity contribution in [2.24, 2.45) is 5.92 Å². The summed E-state index contributed by atoms with van der Waals surface area (Å²) >= 11 is 1.15. The first-order chi connectivity index (χ1) is 17.8. The summed E-state index contributed by atoms with van der Waals surface area (Å²) in [7, 11) is 3.13. The second-order valence-electron chi connectivity index (χ2n) is 8.93. The summed E-state index contributed by atoms with van der Waals surface area (Å²) in [5.74, 6) is 5.76. The average molecular weight is 524 g/mol. The number of carbonyl (C=O) groups is 2. The van der Waals surface area contributed by atoms with E-state index in [0.29, 0.717) is 35.0 Å². The standard InChI is InChI=1S/C26H23F2N5O3S/c1-33-10-9-16(25(33)35)15-6-7-17(18(11-15)19-12-20(23(27)28)29-13-21(19)36-2)24(34)30-26-32-31-22(37-26)8-5-14-3-4-14/h6-7,11-14,16,23H,3-4,9-10H2,1-2H3,(H,30,32,34). The van der Waals surface area contributed by atoms with E-state index in [4.69, 9.17) is 4.74 Å². The number of aromatic nitrogens is 3. The topological polar surface area (TPSA) is 97.3 Å². The molecule has 2 amide bonds. The van der Waals surface area contributed by atoms with Crippen molar-refractivity contribution in [3.8, 4) is 28.7 Å². The summed E-state index contributed by atoms with van der Waals surface area (Å²) in [5, 5.41) is 11.5. The number of nitrogens with zero attached hydrogens (tertiary/aromatic N) is 4. The third-order valence-corrected chi connectivity index (χ3v) is 7.10. The number of hydrogen-bond acceptors (Lipinski definition) is 7. The number of amides is 2. The molecule has 2 aromatic heterocycles. The van der Waals surface area contributed by atoms with E-state index in [0.717, 1.165) is 24.2 Å². The summed E-state index contributed by atoms with van der Waals surface area (Å²) in [5.41, 5.74) is 1.05. The zero-order chi connectivity index (χ0) is 26.1. The molecule has 1 aromatic carbocycles. The van der Waals surface area contributed by atoms with Crippen molar-refractivity contribution in [1.82, 2.24) is 20.1 Å². The van der Waals surface area contributed by atoms with Crippen LogP contribution in [0.1, 0.15) is 58.2 Å². The second kappa shape index (κ2) is 10.2. The van der Waals surface area contributed by atoms with E-state index in [1.54, 1.807) is 30.1 Å². The molecule has 3 heterocycles. The molecule has 11 heteroatoms. The summed E-state index contributed by atoms with van der Waals surface area (Å²) in [4.78, 5) is 31.5. The Balaban J connectivity index is 1.54. The van der Waals surface area contributed by atoms with Crippen LogP contribution in [0.5, 0.6) is 5.75 Å². The van der Waals surface area contributed by atoms with Crippen LogP contribution in [0.15, 0.2) is 30.5 Å². The van der Waals surface area contributed by atoms with Crippen LogP contribution in [0.3, 0.4) is 0 Å². The molecule has 37 heavy (non-hydrogen) atoms. The Morgan fingerprint density at radius 3 is 2.70 bits per heavy atom. The molecule has 1 unspecified atom stereocenters. The van der Waals surface area contributed by atoms with Crippen molar-refractivity contribution in [3.63, 3.8) is 0 Å². The van der Waals surface area contributed by atoms with Crippen molar-refractivity contribution < 1.29 is 23.1 Å². The van der Waals surface area contributed by atoms with Crippen LogP contribution in [0, 0.1) is 17.8 Å². The molecular weight excluding hydrogens is 500 g/mol. The van der Waals surface area contributed by atoms with Gasteiger partial charge in [0.25, 0.3) is 12.3 Å². The molecule has 8 nitrogen and oxygen atoms in total. The summed E-state index contributed by atoms with van der Waals surface area (Å²) < 4.78 is 32.4. The summed E-state index contributed by atoms with van der Waals surface area (Å²) in [6.45, 7) is 0.609. The fourth-order valence-electron chi connectivity index (χ4n) is 4.16. The van der Waals surface area contributed by atoms with Crippen LogP contribution >= 0.6 is 11.3 Å². The van der Waals surface area contributed by atoms with Gasteiger partial charge in [-0.05, 0) is 54.5 Å². The monoisotopic (exact) mass is 523 g/mol. The third-order valence-electron chi connectivity index (χ3n) is 6.35. The van der Waals surface area contributed by atoms with E-state index < -0.39 is 18.0 Å². The molecule has 0 bridgehead atoms. The third kappa shape index (κ3) is 5.29. The molecular formula is C26H23F2N5O3S. The Morgan fingerprint density at radius 1 is 1.22 bits per heavy atom. The van der Waals surface area contributed by atoms with Crippen LogP contribution in [-0.4, -0.2) is 52.6 Å². The van der Waals surface area contributed by atoms with Gasteiger partial charge in [-0.15, -0.1) is 10.2 Å². The number of carbonyl (C=O) groups excluding carboxylic acids is 2. The zero-order valence-corrected chi connectivity index (χ0v) is 20.9. The largest absolute Gasteiger partial charge is 0.494 e. The van der Waals surface area contributed by atoms with Gasteiger partial charge in [0.1, 0.15) is 11.4 Å². The highest BCUT2D eigenvalue weighted by Gasteiger charge is 2.31. The maximum atomic E-state index is 13.5. The first-order valence-electron chi connectivity index (χ1n) is 11.7. The number of alkyl halides is 2. The van der Waals surface area contributed by atoms with Crippen molar-refractivity contribution in [2.45, 2.75) is 31.6 Å². The highest BCUT2D eigenvalue weighted by Crippen LogP contribution is 2.38. The minimum Gasteiger partial charge on any atom is -0.494 e. The highest BCUT2D eigenvalue weighted by atomic mass is 32.1. The number of rotatable bonds is 6. The van der Waals surface area contributed by atoms with E-state index in [2.05, 4.69) is 32.3 Å². The van der Waals surface area contributed by atoms with Crippen molar-refractivity contribution in [1.29, 1.82) is 0 Å². The molecule has 0 spiro atoms. The summed E-state index contributed by atoms with van der Waals surface area (Å²) in [6.07, 6.45) is 1.18. The molecule has 1 atom stereocenters. The number of pyridine rings is 1. The summed E-state index contributed by atoms with van der Waals surface area (Å²) in [6, 6.07) is 6.20. The maximum absolute atomic E-state index is 13.5. The van der Waals surface area contributed by atoms with Crippen molar-refractivity contribution in [3.05, 3.63) is 52.3 Å². The van der Waals surface area contributed by atoms with E-state index in [-0.39, 0.29) is 33.8 Å². The molecule has 3 aromatic rings. The number of nitrogens with one attached hydrogen (secondary N) is 1. The molecule has 0 radical (unpaired) electrons. The molecule has 1 aliphatic heterocycles. The lowest BCUT2D eigenvalue weighted by Crippen LogP contribution is -2.22. The second-order valence-corrected chi connectivity index (χ2v) is 9.90. The van der Waals surface area contributed by atoms with Gasteiger partial charge in [-0.25, -0.2) is 8.78 Å². The predicted molar refractivity (Wildman–Crippen MR) is 134 cm³/mol. The fourth-order valence-corrected chi connectivity index (χ4v) is 4.76. The highest BCUT2D eigenvalue weighted by molar-refractivity contribution is 7.15. The van der Waals surface area contributed by atoms with Gasteiger partial charge >= 0.3 is 0 Å². The molecule has 1 N–H and O–H groups in total. The number of hydrogen-bond donors (Lipinski definition) is 1. The van der Waals surface area contributed by atoms with E-state index in [1.165, 1.54) is 19.4 Å². The number of benzene rings is 1. The van der Waals surface area contributed by atoms with Crippen LogP contribution in [0.4, 0.5) is 13.9 Å². The number of halogens is 2. The van der Waals surface area contributed by atoms with Crippen LogP contribution in [0.25, 0.3) is 11.1 Å². The Bertz CT molecular complexity index is 1430. The van der Waals surface area contributed by atoms with Gasteiger partial charge in [0.15, 0.2) is 5.01 Å². The number of likely N-dealkylation sites (N-methyl/N-ethyl adjacent to an activating group) is 1. The van der Waals surface area contributed by atoms with Gasteiger partial charge in [-0.3, -0.25) is 19.9 Å². The van der Waals surface area contributed by atoms with Crippen LogP contribution < -0.4 is 10.1 Å². The van der Waals surface area contributed by atoms with Gasteiger partial charge in [0.05, 0.1) is 19.2 Å². The van der Waals surface area contributed by atoms with Gasteiger partial charge in [0, 0.05) is 30.6 Å². The Labute approximate surface area is 216 Å². The Kier molecular flexibility index (Phi) is 6.84. The van der Waals surface area contributed by atoms with Crippen LogP contribution in [-0.2, 0) is 4.79 Å². The minimum absolute atomic E-state index is 0.0354. The first-order valence-corrected chi connectivity index (χ1v) is 12.5. The average Bonchev–Trinajstić information content (AvgIpc) is 3.53.